The van der Waals surface area contributed by atoms with Crippen LogP contribution in [0.5, 0.6) is 0 Å². The van der Waals surface area contributed by atoms with E-state index in [1.807, 2.05) is 28.5 Å². The Labute approximate surface area is 181 Å². The Morgan fingerprint density at radius 1 is 0.900 bits per heavy atom. The first-order valence-corrected chi connectivity index (χ1v) is 11.2. The van der Waals surface area contributed by atoms with E-state index in [9.17, 15) is 4.79 Å². The van der Waals surface area contributed by atoms with E-state index in [0.29, 0.717) is 5.75 Å². The highest BCUT2D eigenvalue weighted by Gasteiger charge is 2.22. The van der Waals surface area contributed by atoms with Gasteiger partial charge in [0.15, 0.2) is 5.16 Å². The first-order chi connectivity index (χ1) is 14.5. The number of anilines is 1. The second-order valence-corrected chi connectivity index (χ2v) is 8.64. The van der Waals surface area contributed by atoms with Gasteiger partial charge in [-0.1, -0.05) is 36.0 Å². The van der Waals surface area contributed by atoms with E-state index in [0.717, 1.165) is 42.8 Å². The predicted octanol–water partition coefficient (Wildman–Crippen LogP) is 3.63. The third kappa shape index (κ3) is 4.51. The highest BCUT2D eigenvalue weighted by atomic mass is 32.2. The average molecular weight is 422 g/mol. The highest BCUT2D eigenvalue weighted by Crippen LogP contribution is 2.23. The summed E-state index contributed by atoms with van der Waals surface area (Å²) in [7, 11) is 0. The maximum Gasteiger partial charge on any atom is 0.233 e. The molecule has 0 N–H and O–H groups in total. The van der Waals surface area contributed by atoms with E-state index in [2.05, 4.69) is 65.3 Å². The molecule has 0 atom stereocenters. The number of aromatic nitrogens is 3. The number of amides is 1. The normalized spacial score (nSPS) is 14.2. The summed E-state index contributed by atoms with van der Waals surface area (Å²) in [5.41, 5.74) is 4.70. The van der Waals surface area contributed by atoms with Gasteiger partial charge in [-0.25, -0.2) is 0 Å². The Bertz CT molecular complexity index is 1040. The number of aryl methyl sites for hydroxylation is 3. The lowest BCUT2D eigenvalue weighted by Gasteiger charge is -2.36. The molecule has 0 aliphatic carbocycles. The van der Waals surface area contributed by atoms with Crippen LogP contribution in [0.15, 0.2) is 53.7 Å². The lowest BCUT2D eigenvalue weighted by molar-refractivity contribution is -0.128. The number of hydrogen-bond acceptors (Lipinski definition) is 5. The molecule has 0 saturated carbocycles. The fourth-order valence-electron chi connectivity index (χ4n) is 3.76. The van der Waals surface area contributed by atoms with Gasteiger partial charge in [0.05, 0.1) is 5.75 Å². The fourth-order valence-corrected chi connectivity index (χ4v) is 4.66. The minimum atomic E-state index is 0.153. The van der Waals surface area contributed by atoms with Gasteiger partial charge < -0.3 is 9.80 Å². The summed E-state index contributed by atoms with van der Waals surface area (Å²) in [6, 6.07) is 16.8. The molecule has 1 aliphatic rings. The summed E-state index contributed by atoms with van der Waals surface area (Å²) in [5.74, 6) is 1.34. The molecule has 30 heavy (non-hydrogen) atoms. The Morgan fingerprint density at radius 3 is 2.20 bits per heavy atom. The van der Waals surface area contributed by atoms with Gasteiger partial charge in [-0.3, -0.25) is 9.36 Å². The summed E-state index contributed by atoms with van der Waals surface area (Å²) in [6.45, 7) is 9.32. The predicted molar refractivity (Wildman–Crippen MR) is 122 cm³/mol. The van der Waals surface area contributed by atoms with Gasteiger partial charge in [0.1, 0.15) is 5.82 Å². The summed E-state index contributed by atoms with van der Waals surface area (Å²) in [4.78, 5) is 17.1. The van der Waals surface area contributed by atoms with Crippen molar-refractivity contribution in [1.29, 1.82) is 0 Å². The lowest BCUT2D eigenvalue weighted by Crippen LogP contribution is -2.49. The number of carbonyl (C=O) groups excluding carboxylic acids is 1. The molecule has 1 aromatic heterocycles. The third-order valence-corrected chi connectivity index (χ3v) is 6.29. The van der Waals surface area contributed by atoms with Gasteiger partial charge >= 0.3 is 0 Å². The minimum absolute atomic E-state index is 0.153. The Morgan fingerprint density at radius 2 is 1.53 bits per heavy atom. The SMILES string of the molecule is Cc1cccc(N2CCN(C(=O)CSc3nnc(C)n3-c3cccc(C)c3)CC2)c1. The zero-order valence-electron chi connectivity index (χ0n) is 17.7. The van der Waals surface area contributed by atoms with Crippen LogP contribution in [0.25, 0.3) is 5.69 Å². The number of rotatable bonds is 5. The number of thioether (sulfide) groups is 1. The van der Waals surface area contributed by atoms with Gasteiger partial charge in [-0.15, -0.1) is 10.2 Å². The largest absolute Gasteiger partial charge is 0.368 e. The smallest absolute Gasteiger partial charge is 0.233 e. The summed E-state index contributed by atoms with van der Waals surface area (Å²) in [5, 5.41) is 9.27. The zero-order chi connectivity index (χ0) is 21.1. The summed E-state index contributed by atoms with van der Waals surface area (Å²) < 4.78 is 2.01. The monoisotopic (exact) mass is 421 g/mol. The van der Waals surface area contributed by atoms with Crippen molar-refractivity contribution in [3.63, 3.8) is 0 Å². The van der Waals surface area contributed by atoms with Crippen LogP contribution >= 0.6 is 11.8 Å². The van der Waals surface area contributed by atoms with Crippen molar-refractivity contribution < 1.29 is 4.79 Å². The molecule has 4 rings (SSSR count). The molecule has 0 bridgehead atoms. The highest BCUT2D eigenvalue weighted by molar-refractivity contribution is 7.99. The van der Waals surface area contributed by atoms with Crippen LogP contribution < -0.4 is 4.90 Å². The van der Waals surface area contributed by atoms with Crippen LogP contribution in [0.4, 0.5) is 5.69 Å². The Kier molecular flexibility index (Phi) is 6.08. The number of carbonyl (C=O) groups is 1. The topological polar surface area (TPSA) is 54.3 Å². The van der Waals surface area contributed by atoms with Crippen molar-refractivity contribution >= 4 is 23.4 Å². The van der Waals surface area contributed by atoms with Crippen LogP contribution in [0.3, 0.4) is 0 Å². The molecular weight excluding hydrogens is 394 g/mol. The minimum Gasteiger partial charge on any atom is -0.368 e. The zero-order valence-corrected chi connectivity index (χ0v) is 18.5. The van der Waals surface area contributed by atoms with Crippen LogP contribution in [0.2, 0.25) is 0 Å². The van der Waals surface area contributed by atoms with Gasteiger partial charge in [-0.05, 0) is 56.2 Å². The third-order valence-electron chi connectivity index (χ3n) is 5.38. The van der Waals surface area contributed by atoms with E-state index in [1.165, 1.54) is 28.6 Å². The van der Waals surface area contributed by atoms with Crippen molar-refractivity contribution in [2.24, 2.45) is 0 Å². The molecule has 7 heteroatoms. The van der Waals surface area contributed by atoms with Gasteiger partial charge in [0.2, 0.25) is 5.91 Å². The number of benzene rings is 2. The number of nitrogens with zero attached hydrogens (tertiary/aromatic N) is 5. The van der Waals surface area contributed by atoms with Crippen LogP contribution in [-0.4, -0.2) is 57.5 Å². The molecule has 3 aromatic rings. The molecule has 1 amide bonds. The summed E-state index contributed by atoms with van der Waals surface area (Å²) in [6.07, 6.45) is 0. The van der Waals surface area contributed by atoms with Gasteiger partial charge in [0.25, 0.3) is 0 Å². The Hall–Kier alpha value is -2.80. The molecule has 1 fully saturated rings. The van der Waals surface area contributed by atoms with Gasteiger partial charge in [0, 0.05) is 37.6 Å². The molecule has 0 unspecified atom stereocenters. The summed E-state index contributed by atoms with van der Waals surface area (Å²) >= 11 is 1.45. The van der Waals surface area contributed by atoms with E-state index >= 15 is 0 Å². The van der Waals surface area contributed by atoms with Crippen LogP contribution in [0, 0.1) is 20.8 Å². The number of hydrogen-bond donors (Lipinski definition) is 0. The first-order valence-electron chi connectivity index (χ1n) is 10.2. The molecule has 2 aromatic carbocycles. The van der Waals surface area contributed by atoms with Crippen molar-refractivity contribution in [2.45, 2.75) is 25.9 Å². The molecule has 6 nitrogen and oxygen atoms in total. The number of piperazine rings is 1. The Balaban J connectivity index is 1.36. The molecule has 1 saturated heterocycles. The van der Waals surface area contributed by atoms with Gasteiger partial charge in [-0.2, -0.15) is 0 Å². The van der Waals surface area contributed by atoms with E-state index < -0.39 is 0 Å². The second-order valence-electron chi connectivity index (χ2n) is 7.70. The molecule has 0 spiro atoms. The standard InChI is InChI=1S/C23H27N5OS/c1-17-6-4-8-20(14-17)26-10-12-27(13-11-26)22(29)16-30-23-25-24-19(3)28(23)21-9-5-7-18(2)15-21/h4-9,14-15H,10-13,16H2,1-3H3. The molecule has 0 radical (unpaired) electrons. The fraction of sp³-hybridized carbons (Fsp3) is 0.348. The van der Waals surface area contributed by atoms with Crippen molar-refractivity contribution in [3.8, 4) is 5.69 Å². The van der Waals surface area contributed by atoms with E-state index in [1.54, 1.807) is 0 Å². The quantitative estimate of drug-likeness (QED) is 0.589. The first kappa shape index (κ1) is 20.5. The maximum atomic E-state index is 12.8. The van der Waals surface area contributed by atoms with E-state index in [4.69, 9.17) is 0 Å². The van der Waals surface area contributed by atoms with Crippen molar-refractivity contribution in [1.82, 2.24) is 19.7 Å². The molecule has 1 aliphatic heterocycles. The molecule has 2 heterocycles. The van der Waals surface area contributed by atoms with Crippen molar-refractivity contribution in [2.75, 3.05) is 36.8 Å². The molecule has 156 valence electrons. The van der Waals surface area contributed by atoms with E-state index in [-0.39, 0.29) is 5.91 Å². The maximum absolute atomic E-state index is 12.8. The second kappa shape index (κ2) is 8.92. The average Bonchev–Trinajstić information content (AvgIpc) is 3.12. The lowest BCUT2D eigenvalue weighted by atomic mass is 10.2. The van der Waals surface area contributed by atoms with Crippen molar-refractivity contribution in [3.05, 3.63) is 65.5 Å². The molecular formula is C23H27N5OS. The van der Waals surface area contributed by atoms with Crippen LogP contribution in [-0.2, 0) is 4.79 Å². The van der Waals surface area contributed by atoms with Crippen LogP contribution in [0.1, 0.15) is 17.0 Å².